The second kappa shape index (κ2) is 8.89. The van der Waals surface area contributed by atoms with E-state index in [0.717, 1.165) is 12.5 Å². The van der Waals surface area contributed by atoms with Gasteiger partial charge in [0.1, 0.15) is 5.60 Å². The molecule has 166 valence electrons. The summed E-state index contributed by atoms with van der Waals surface area (Å²) in [7, 11) is 0. The topological polar surface area (TPSA) is 113 Å². The van der Waals surface area contributed by atoms with Crippen molar-refractivity contribution in [2.24, 2.45) is 0 Å². The molecule has 0 unspecified atom stereocenters. The van der Waals surface area contributed by atoms with E-state index < -0.39 is 28.1 Å². The van der Waals surface area contributed by atoms with Crippen LogP contribution in [0.5, 0.6) is 5.75 Å². The number of nitrogens with zero attached hydrogens (tertiary/aromatic N) is 3. The number of rotatable bonds is 4. The predicted octanol–water partition coefficient (Wildman–Crippen LogP) is 3.86. The fraction of sp³-hybridized carbons (Fsp3) is 0.619. The highest BCUT2D eigenvalue weighted by atomic mass is 16.6. The number of aromatic hydroxyl groups is 1. The number of carbonyl (C=O) groups excluding carboxylic acids is 2. The molecule has 1 aromatic rings. The van der Waals surface area contributed by atoms with Gasteiger partial charge in [-0.25, -0.2) is 4.79 Å². The van der Waals surface area contributed by atoms with Crippen LogP contribution in [0.4, 0.5) is 10.5 Å². The molecular weight excluding hydrogens is 390 g/mol. The molecule has 1 aliphatic heterocycles. The van der Waals surface area contributed by atoms with Gasteiger partial charge in [-0.2, -0.15) is 0 Å². The first-order valence-corrected chi connectivity index (χ1v) is 10.1. The molecule has 9 heteroatoms. The molecule has 1 atom stereocenters. The van der Waals surface area contributed by atoms with Gasteiger partial charge in [-0.15, -0.1) is 0 Å². The first kappa shape index (κ1) is 23.4. The van der Waals surface area contributed by atoms with Crippen LogP contribution in [-0.2, 0) is 4.74 Å². The molecule has 0 aliphatic carbocycles. The molecule has 0 saturated carbocycles. The molecular formula is C21H31N3O6. The Morgan fingerprint density at radius 1 is 1.33 bits per heavy atom. The van der Waals surface area contributed by atoms with Crippen molar-refractivity contribution in [3.05, 3.63) is 33.4 Å². The summed E-state index contributed by atoms with van der Waals surface area (Å²) in [4.78, 5) is 39.7. The molecule has 0 radical (unpaired) electrons. The lowest BCUT2D eigenvalue weighted by molar-refractivity contribution is -0.385. The van der Waals surface area contributed by atoms with Crippen molar-refractivity contribution in [1.82, 2.24) is 9.80 Å². The minimum Gasteiger partial charge on any atom is -0.502 e. The van der Waals surface area contributed by atoms with E-state index in [0.29, 0.717) is 25.1 Å². The highest BCUT2D eigenvalue weighted by Gasteiger charge is 2.35. The average molecular weight is 421 g/mol. The van der Waals surface area contributed by atoms with E-state index in [4.69, 9.17) is 4.74 Å². The summed E-state index contributed by atoms with van der Waals surface area (Å²) < 4.78 is 5.47. The van der Waals surface area contributed by atoms with Gasteiger partial charge in [-0.3, -0.25) is 14.9 Å². The molecule has 1 aliphatic rings. The van der Waals surface area contributed by atoms with Crippen molar-refractivity contribution in [2.45, 2.75) is 72.1 Å². The fourth-order valence-electron chi connectivity index (χ4n) is 3.69. The number of nitro groups is 1. The van der Waals surface area contributed by atoms with Gasteiger partial charge in [0.2, 0.25) is 0 Å². The maximum atomic E-state index is 13.4. The zero-order valence-electron chi connectivity index (χ0n) is 18.5. The van der Waals surface area contributed by atoms with Crippen LogP contribution < -0.4 is 0 Å². The Morgan fingerprint density at radius 3 is 2.50 bits per heavy atom. The number of hydrogen-bond donors (Lipinski definition) is 1. The van der Waals surface area contributed by atoms with Crippen LogP contribution in [0.25, 0.3) is 0 Å². The minimum atomic E-state index is -0.712. The Balaban J connectivity index is 2.31. The van der Waals surface area contributed by atoms with Crippen LogP contribution in [0.3, 0.4) is 0 Å². The number of phenols is 1. The number of piperidine rings is 1. The summed E-state index contributed by atoms with van der Waals surface area (Å²) in [5.74, 6) is -0.833. The maximum Gasteiger partial charge on any atom is 0.410 e. The van der Waals surface area contributed by atoms with Crippen LogP contribution >= 0.6 is 0 Å². The monoisotopic (exact) mass is 421 g/mol. The van der Waals surface area contributed by atoms with Crippen LogP contribution in [0.15, 0.2) is 12.1 Å². The zero-order chi connectivity index (χ0) is 22.8. The lowest BCUT2D eigenvalue weighted by Gasteiger charge is -2.41. The van der Waals surface area contributed by atoms with E-state index in [1.165, 1.54) is 6.07 Å². The standard InChI is InChI=1S/C21H31N3O6/c1-13(2)23(15-8-7-9-22(12-15)20(27)30-21(4,5)6)19(26)16-11-17(24(28)29)18(25)10-14(16)3/h10-11,13,15,25H,7-9,12H2,1-6H3/t15-/m1/s1. The van der Waals surface area contributed by atoms with Gasteiger partial charge in [-0.1, -0.05) is 0 Å². The third-order valence-electron chi connectivity index (χ3n) is 4.98. The highest BCUT2D eigenvalue weighted by Crippen LogP contribution is 2.31. The summed E-state index contributed by atoms with van der Waals surface area (Å²) in [5, 5.41) is 21.0. The molecule has 1 N–H and O–H groups in total. The lowest BCUT2D eigenvalue weighted by atomic mass is 9.99. The SMILES string of the molecule is Cc1cc(O)c([N+](=O)[O-])cc1C(=O)N(C(C)C)[C@@H]1CCCN(C(=O)OC(C)(C)C)C1. The Bertz CT molecular complexity index is 831. The molecule has 30 heavy (non-hydrogen) atoms. The number of phenolic OH excluding ortho intramolecular Hbond substituents is 1. The van der Waals surface area contributed by atoms with Crippen LogP contribution in [0, 0.1) is 17.0 Å². The first-order valence-electron chi connectivity index (χ1n) is 10.1. The molecule has 1 fully saturated rings. The first-order chi connectivity index (χ1) is 13.8. The molecule has 2 rings (SSSR count). The Morgan fingerprint density at radius 2 is 1.97 bits per heavy atom. The van der Waals surface area contributed by atoms with Gasteiger partial charge in [-0.05, 0) is 66.0 Å². The minimum absolute atomic E-state index is 0.169. The second-order valence-electron chi connectivity index (χ2n) is 8.94. The van der Waals surface area contributed by atoms with Crippen molar-refractivity contribution in [3.8, 4) is 5.75 Å². The van der Waals surface area contributed by atoms with Gasteiger partial charge in [0.05, 0.1) is 11.0 Å². The van der Waals surface area contributed by atoms with Crippen LogP contribution in [0.2, 0.25) is 0 Å². The Hall–Kier alpha value is -2.84. The predicted molar refractivity (Wildman–Crippen MR) is 112 cm³/mol. The molecule has 9 nitrogen and oxygen atoms in total. The normalized spacial score (nSPS) is 17.0. The molecule has 0 aromatic heterocycles. The van der Waals surface area contributed by atoms with Gasteiger partial charge < -0.3 is 19.6 Å². The number of benzene rings is 1. The Kier molecular flexibility index (Phi) is 6.95. The van der Waals surface area contributed by atoms with Crippen LogP contribution in [-0.4, -0.2) is 62.6 Å². The van der Waals surface area contributed by atoms with Crippen molar-refractivity contribution in [3.63, 3.8) is 0 Å². The van der Waals surface area contributed by atoms with Crippen LogP contribution in [0.1, 0.15) is 63.4 Å². The number of hydrogen-bond acceptors (Lipinski definition) is 6. The summed E-state index contributed by atoms with van der Waals surface area (Å²) in [5.41, 5.74) is -0.498. The fourth-order valence-corrected chi connectivity index (χ4v) is 3.69. The number of ether oxygens (including phenoxy) is 1. The number of likely N-dealkylation sites (tertiary alicyclic amines) is 1. The van der Waals surface area contributed by atoms with E-state index in [2.05, 4.69) is 0 Å². The van der Waals surface area contributed by atoms with E-state index in [9.17, 15) is 24.8 Å². The van der Waals surface area contributed by atoms with Crippen molar-refractivity contribution < 1.29 is 24.4 Å². The summed E-state index contributed by atoms with van der Waals surface area (Å²) in [6.07, 6.45) is 1.01. The average Bonchev–Trinajstić information content (AvgIpc) is 2.60. The number of amides is 2. The Labute approximate surface area is 176 Å². The second-order valence-corrected chi connectivity index (χ2v) is 8.94. The van der Waals surface area contributed by atoms with Crippen molar-refractivity contribution in [2.75, 3.05) is 13.1 Å². The van der Waals surface area contributed by atoms with Gasteiger partial charge in [0.25, 0.3) is 5.91 Å². The largest absolute Gasteiger partial charge is 0.502 e. The molecule has 0 bridgehead atoms. The van der Waals surface area contributed by atoms with E-state index in [1.54, 1.807) is 37.5 Å². The molecule has 0 spiro atoms. The molecule has 1 heterocycles. The number of aryl methyl sites for hydroxylation is 1. The lowest BCUT2D eigenvalue weighted by Crippen LogP contribution is -2.54. The highest BCUT2D eigenvalue weighted by molar-refractivity contribution is 5.97. The molecule has 2 amide bonds. The number of carbonyl (C=O) groups is 2. The zero-order valence-corrected chi connectivity index (χ0v) is 18.5. The summed E-state index contributed by atoms with van der Waals surface area (Å²) in [6.45, 7) is 11.7. The molecule has 1 saturated heterocycles. The van der Waals surface area contributed by atoms with E-state index in [1.807, 2.05) is 13.8 Å². The quantitative estimate of drug-likeness (QED) is 0.583. The van der Waals surface area contributed by atoms with Crippen molar-refractivity contribution >= 4 is 17.7 Å². The molecule has 1 aromatic carbocycles. The summed E-state index contributed by atoms with van der Waals surface area (Å²) >= 11 is 0. The van der Waals surface area contributed by atoms with E-state index >= 15 is 0 Å². The van der Waals surface area contributed by atoms with E-state index in [-0.39, 0.29) is 23.6 Å². The number of nitro benzene ring substituents is 1. The smallest absolute Gasteiger partial charge is 0.410 e. The summed E-state index contributed by atoms with van der Waals surface area (Å²) in [6, 6.07) is 1.92. The third-order valence-corrected chi connectivity index (χ3v) is 4.98. The van der Waals surface area contributed by atoms with Gasteiger partial charge in [0.15, 0.2) is 5.75 Å². The van der Waals surface area contributed by atoms with Gasteiger partial charge >= 0.3 is 11.8 Å². The van der Waals surface area contributed by atoms with Crippen molar-refractivity contribution in [1.29, 1.82) is 0 Å². The third kappa shape index (κ3) is 5.40. The maximum absolute atomic E-state index is 13.4. The van der Waals surface area contributed by atoms with Gasteiger partial charge in [0, 0.05) is 30.8 Å².